The maximum Gasteiger partial charge on any atom is 0.135 e. The molecule has 1 aromatic rings. The molecular weight excluding hydrogens is 198 g/mol. The zero-order valence-corrected chi connectivity index (χ0v) is 9.86. The number of likely N-dealkylation sites (tertiary alicyclic amines) is 1. The molecular formula is C14H19NO. The van der Waals surface area contributed by atoms with E-state index in [9.17, 15) is 4.79 Å². The first kappa shape index (κ1) is 11.3. The molecule has 0 aliphatic carbocycles. The molecule has 1 atom stereocenters. The molecule has 1 fully saturated rings. The van der Waals surface area contributed by atoms with Gasteiger partial charge in [0, 0.05) is 32.0 Å². The number of ketones is 1. The van der Waals surface area contributed by atoms with Gasteiger partial charge in [-0.2, -0.15) is 0 Å². The van der Waals surface area contributed by atoms with Crippen molar-refractivity contribution in [1.29, 1.82) is 0 Å². The molecule has 1 aromatic carbocycles. The molecule has 2 rings (SSSR count). The van der Waals surface area contributed by atoms with E-state index in [2.05, 4.69) is 36.1 Å². The van der Waals surface area contributed by atoms with Crippen molar-refractivity contribution in [3.05, 3.63) is 35.9 Å². The summed E-state index contributed by atoms with van der Waals surface area (Å²) >= 11 is 0. The molecule has 0 aromatic heterocycles. The third-order valence-electron chi connectivity index (χ3n) is 3.35. The number of hydrogen-bond donors (Lipinski definition) is 0. The molecule has 86 valence electrons. The third-order valence-corrected chi connectivity index (χ3v) is 3.35. The Bertz CT molecular complexity index is 337. The van der Waals surface area contributed by atoms with Crippen molar-refractivity contribution in [1.82, 2.24) is 4.90 Å². The van der Waals surface area contributed by atoms with Gasteiger partial charge in [-0.1, -0.05) is 30.3 Å². The second-order valence-corrected chi connectivity index (χ2v) is 4.61. The van der Waals surface area contributed by atoms with Gasteiger partial charge in [0.05, 0.1) is 0 Å². The molecule has 0 saturated carbocycles. The van der Waals surface area contributed by atoms with Gasteiger partial charge in [0.25, 0.3) is 0 Å². The van der Waals surface area contributed by atoms with Gasteiger partial charge in [-0.3, -0.25) is 9.69 Å². The first-order chi connectivity index (χ1) is 7.75. The summed E-state index contributed by atoms with van der Waals surface area (Å²) in [5.74, 6) is 0.420. The molecule has 0 radical (unpaired) electrons. The van der Waals surface area contributed by atoms with Gasteiger partial charge in [0.15, 0.2) is 0 Å². The standard InChI is InChI=1S/C14H19NO/c1-12(11-13-5-3-2-4-6-13)15-9-7-14(16)8-10-15/h2-6,12H,7-11H2,1H3/t12-/m0/s1. The number of Topliss-reactive ketones (excluding diaryl/α,β-unsaturated/α-hetero) is 1. The summed E-state index contributed by atoms with van der Waals surface area (Å²) in [6, 6.07) is 11.1. The Morgan fingerprint density at radius 3 is 2.44 bits per heavy atom. The highest BCUT2D eigenvalue weighted by Crippen LogP contribution is 2.13. The van der Waals surface area contributed by atoms with Gasteiger partial charge in [-0.15, -0.1) is 0 Å². The van der Waals surface area contributed by atoms with Crippen molar-refractivity contribution < 1.29 is 4.79 Å². The first-order valence-electron chi connectivity index (χ1n) is 6.05. The van der Waals surface area contributed by atoms with Crippen molar-refractivity contribution in [2.24, 2.45) is 0 Å². The number of benzene rings is 1. The Morgan fingerprint density at radius 2 is 1.81 bits per heavy atom. The van der Waals surface area contributed by atoms with E-state index in [0.717, 1.165) is 32.4 Å². The SMILES string of the molecule is C[C@@H](Cc1ccccc1)N1CCC(=O)CC1. The average molecular weight is 217 g/mol. The van der Waals surface area contributed by atoms with Crippen LogP contribution >= 0.6 is 0 Å². The lowest BCUT2D eigenvalue weighted by atomic mass is 10.0. The molecule has 1 aliphatic heterocycles. The normalized spacial score (nSPS) is 19.7. The lowest BCUT2D eigenvalue weighted by molar-refractivity contribution is -0.121. The van der Waals surface area contributed by atoms with E-state index >= 15 is 0 Å². The van der Waals surface area contributed by atoms with Gasteiger partial charge >= 0.3 is 0 Å². The van der Waals surface area contributed by atoms with E-state index in [1.54, 1.807) is 0 Å². The fourth-order valence-corrected chi connectivity index (χ4v) is 2.30. The zero-order chi connectivity index (χ0) is 11.4. The number of hydrogen-bond acceptors (Lipinski definition) is 2. The number of rotatable bonds is 3. The predicted octanol–water partition coefficient (Wildman–Crippen LogP) is 2.28. The monoisotopic (exact) mass is 217 g/mol. The lowest BCUT2D eigenvalue weighted by Crippen LogP contribution is -2.41. The minimum Gasteiger partial charge on any atom is -0.300 e. The molecule has 1 saturated heterocycles. The highest BCUT2D eigenvalue weighted by molar-refractivity contribution is 5.79. The molecule has 2 heteroatoms. The molecule has 16 heavy (non-hydrogen) atoms. The van der Waals surface area contributed by atoms with Crippen LogP contribution in [-0.2, 0) is 11.2 Å². The fourth-order valence-electron chi connectivity index (χ4n) is 2.30. The van der Waals surface area contributed by atoms with Gasteiger partial charge < -0.3 is 0 Å². The van der Waals surface area contributed by atoms with Crippen molar-refractivity contribution >= 4 is 5.78 Å². The second-order valence-electron chi connectivity index (χ2n) is 4.61. The van der Waals surface area contributed by atoms with Crippen LogP contribution in [0.5, 0.6) is 0 Å². The van der Waals surface area contributed by atoms with E-state index in [4.69, 9.17) is 0 Å². The highest BCUT2D eigenvalue weighted by atomic mass is 16.1. The van der Waals surface area contributed by atoms with E-state index in [-0.39, 0.29) is 0 Å². The summed E-state index contributed by atoms with van der Waals surface area (Å²) in [7, 11) is 0. The van der Waals surface area contributed by atoms with Crippen LogP contribution in [0.25, 0.3) is 0 Å². The number of carbonyl (C=O) groups excluding carboxylic acids is 1. The Morgan fingerprint density at radius 1 is 1.19 bits per heavy atom. The summed E-state index contributed by atoms with van der Waals surface area (Å²) in [6.07, 6.45) is 2.55. The highest BCUT2D eigenvalue weighted by Gasteiger charge is 2.20. The van der Waals surface area contributed by atoms with Crippen molar-refractivity contribution in [2.45, 2.75) is 32.2 Å². The number of nitrogens with zero attached hydrogens (tertiary/aromatic N) is 1. The number of piperidine rings is 1. The molecule has 0 spiro atoms. The molecule has 0 amide bonds. The van der Waals surface area contributed by atoms with Gasteiger partial charge in [-0.25, -0.2) is 0 Å². The average Bonchev–Trinajstić information content (AvgIpc) is 2.31. The summed E-state index contributed by atoms with van der Waals surface area (Å²) in [5, 5.41) is 0. The molecule has 1 heterocycles. The molecule has 2 nitrogen and oxygen atoms in total. The van der Waals surface area contributed by atoms with Crippen molar-refractivity contribution in [3.63, 3.8) is 0 Å². The van der Waals surface area contributed by atoms with Crippen LogP contribution in [0.1, 0.15) is 25.3 Å². The van der Waals surface area contributed by atoms with Crippen LogP contribution < -0.4 is 0 Å². The lowest BCUT2D eigenvalue weighted by Gasteiger charge is -2.31. The second kappa shape index (κ2) is 5.26. The van der Waals surface area contributed by atoms with Crippen LogP contribution in [0.15, 0.2) is 30.3 Å². The summed E-state index contributed by atoms with van der Waals surface area (Å²) in [5.41, 5.74) is 1.38. The molecule has 0 bridgehead atoms. The summed E-state index contributed by atoms with van der Waals surface area (Å²) in [4.78, 5) is 13.6. The van der Waals surface area contributed by atoms with Crippen LogP contribution in [0, 0.1) is 0 Å². The van der Waals surface area contributed by atoms with Crippen molar-refractivity contribution in [3.8, 4) is 0 Å². The van der Waals surface area contributed by atoms with E-state index in [0.29, 0.717) is 11.8 Å². The topological polar surface area (TPSA) is 20.3 Å². The Labute approximate surface area is 97.3 Å². The Kier molecular flexibility index (Phi) is 3.73. The molecule has 0 unspecified atom stereocenters. The first-order valence-corrected chi connectivity index (χ1v) is 6.05. The Balaban J connectivity index is 1.88. The van der Waals surface area contributed by atoms with Crippen molar-refractivity contribution in [2.75, 3.05) is 13.1 Å². The van der Waals surface area contributed by atoms with E-state index < -0.39 is 0 Å². The van der Waals surface area contributed by atoms with Crippen LogP contribution in [0.3, 0.4) is 0 Å². The van der Waals surface area contributed by atoms with Gasteiger partial charge in [-0.05, 0) is 18.9 Å². The maximum absolute atomic E-state index is 11.2. The molecule has 1 aliphatic rings. The fraction of sp³-hybridized carbons (Fsp3) is 0.500. The number of carbonyl (C=O) groups is 1. The van der Waals surface area contributed by atoms with Gasteiger partial charge in [0.1, 0.15) is 5.78 Å². The largest absolute Gasteiger partial charge is 0.300 e. The quantitative estimate of drug-likeness (QED) is 0.774. The minimum atomic E-state index is 0.420. The summed E-state index contributed by atoms with van der Waals surface area (Å²) in [6.45, 7) is 4.13. The van der Waals surface area contributed by atoms with E-state index in [1.807, 2.05) is 6.07 Å². The van der Waals surface area contributed by atoms with Crippen LogP contribution in [0.2, 0.25) is 0 Å². The van der Waals surface area contributed by atoms with Crippen LogP contribution in [0.4, 0.5) is 0 Å². The van der Waals surface area contributed by atoms with Gasteiger partial charge in [0.2, 0.25) is 0 Å². The smallest absolute Gasteiger partial charge is 0.135 e. The zero-order valence-electron chi connectivity index (χ0n) is 9.86. The molecule has 0 N–H and O–H groups in total. The summed E-state index contributed by atoms with van der Waals surface area (Å²) < 4.78 is 0. The third kappa shape index (κ3) is 2.92. The van der Waals surface area contributed by atoms with E-state index in [1.165, 1.54) is 5.56 Å². The maximum atomic E-state index is 11.2. The predicted molar refractivity (Wildman–Crippen MR) is 65.4 cm³/mol. The Hall–Kier alpha value is -1.15. The minimum absolute atomic E-state index is 0.420. The van der Waals surface area contributed by atoms with Crippen LogP contribution in [-0.4, -0.2) is 29.8 Å².